The molecule has 11 heavy (non-hydrogen) atoms. The summed E-state index contributed by atoms with van der Waals surface area (Å²) in [4.78, 5) is 15.0. The average Bonchev–Trinajstić information content (AvgIpc) is 2.03. The molecular formula is C7H12N2O2. The SMILES string of the molecule is CC1=NCCC(C(=O)NO)C1. The zero-order chi connectivity index (χ0) is 8.27. The molecule has 0 aromatic carbocycles. The Labute approximate surface area is 65.3 Å². The van der Waals surface area contributed by atoms with Gasteiger partial charge in [0.15, 0.2) is 0 Å². The summed E-state index contributed by atoms with van der Waals surface area (Å²) < 4.78 is 0. The minimum atomic E-state index is -0.292. The van der Waals surface area contributed by atoms with Gasteiger partial charge in [0.25, 0.3) is 0 Å². The Morgan fingerprint density at radius 1 is 1.82 bits per heavy atom. The van der Waals surface area contributed by atoms with Gasteiger partial charge in [-0.1, -0.05) is 0 Å². The van der Waals surface area contributed by atoms with Gasteiger partial charge in [0.2, 0.25) is 5.91 Å². The Morgan fingerprint density at radius 2 is 2.55 bits per heavy atom. The Morgan fingerprint density at radius 3 is 3.09 bits per heavy atom. The van der Waals surface area contributed by atoms with Crippen LogP contribution in [0.25, 0.3) is 0 Å². The van der Waals surface area contributed by atoms with Crippen molar-refractivity contribution in [2.45, 2.75) is 19.8 Å². The van der Waals surface area contributed by atoms with E-state index < -0.39 is 0 Å². The number of carbonyl (C=O) groups excluding carboxylic acids is 1. The molecule has 1 amide bonds. The summed E-state index contributed by atoms with van der Waals surface area (Å²) in [5.41, 5.74) is 2.65. The van der Waals surface area contributed by atoms with Crippen molar-refractivity contribution >= 4 is 11.6 Å². The van der Waals surface area contributed by atoms with Crippen LogP contribution in [-0.4, -0.2) is 23.4 Å². The van der Waals surface area contributed by atoms with E-state index in [1.54, 1.807) is 5.48 Å². The second-order valence-corrected chi connectivity index (χ2v) is 2.78. The van der Waals surface area contributed by atoms with Crippen LogP contribution in [0.2, 0.25) is 0 Å². The zero-order valence-corrected chi connectivity index (χ0v) is 6.50. The number of hydrogen-bond donors (Lipinski definition) is 2. The first-order valence-corrected chi connectivity index (χ1v) is 3.68. The van der Waals surface area contributed by atoms with Crippen LogP contribution in [0, 0.1) is 5.92 Å². The Hall–Kier alpha value is -0.900. The third-order valence-corrected chi connectivity index (χ3v) is 1.88. The van der Waals surface area contributed by atoms with E-state index >= 15 is 0 Å². The smallest absolute Gasteiger partial charge is 0.246 e. The molecule has 1 heterocycles. The van der Waals surface area contributed by atoms with Crippen molar-refractivity contribution in [2.75, 3.05) is 6.54 Å². The Balaban J connectivity index is 2.50. The highest BCUT2D eigenvalue weighted by Gasteiger charge is 2.20. The minimum absolute atomic E-state index is 0.0856. The molecule has 0 aromatic rings. The van der Waals surface area contributed by atoms with Gasteiger partial charge in [-0.15, -0.1) is 0 Å². The van der Waals surface area contributed by atoms with Crippen molar-refractivity contribution in [1.29, 1.82) is 0 Å². The molecule has 0 spiro atoms. The molecule has 1 atom stereocenters. The number of carbonyl (C=O) groups is 1. The fourth-order valence-electron chi connectivity index (χ4n) is 1.25. The second-order valence-electron chi connectivity index (χ2n) is 2.78. The predicted octanol–water partition coefficient (Wildman–Crippen LogP) is 0.363. The first-order chi connectivity index (χ1) is 5.24. The molecule has 0 aromatic heterocycles. The van der Waals surface area contributed by atoms with Crippen LogP contribution in [0.4, 0.5) is 0 Å². The van der Waals surface area contributed by atoms with E-state index in [-0.39, 0.29) is 11.8 Å². The first-order valence-electron chi connectivity index (χ1n) is 3.68. The molecule has 2 N–H and O–H groups in total. The molecule has 0 saturated carbocycles. The zero-order valence-electron chi connectivity index (χ0n) is 6.50. The number of nitrogens with zero attached hydrogens (tertiary/aromatic N) is 1. The highest BCUT2D eigenvalue weighted by atomic mass is 16.5. The first kappa shape index (κ1) is 8.20. The summed E-state index contributed by atoms with van der Waals surface area (Å²) in [5, 5.41) is 8.33. The van der Waals surface area contributed by atoms with Gasteiger partial charge in [-0.3, -0.25) is 15.0 Å². The summed E-state index contributed by atoms with van der Waals surface area (Å²) in [7, 11) is 0. The fourth-order valence-corrected chi connectivity index (χ4v) is 1.25. The van der Waals surface area contributed by atoms with E-state index in [1.807, 2.05) is 6.92 Å². The molecule has 1 aliphatic rings. The van der Waals surface area contributed by atoms with Gasteiger partial charge < -0.3 is 0 Å². The lowest BCUT2D eigenvalue weighted by Crippen LogP contribution is -2.31. The van der Waals surface area contributed by atoms with Gasteiger partial charge in [-0.2, -0.15) is 0 Å². The maximum atomic E-state index is 10.9. The van der Waals surface area contributed by atoms with E-state index in [9.17, 15) is 4.79 Å². The van der Waals surface area contributed by atoms with Crippen molar-refractivity contribution in [2.24, 2.45) is 10.9 Å². The summed E-state index contributed by atoms with van der Waals surface area (Å²) in [6.45, 7) is 2.60. The molecule has 62 valence electrons. The van der Waals surface area contributed by atoms with Crippen LogP contribution in [0.15, 0.2) is 4.99 Å². The van der Waals surface area contributed by atoms with Gasteiger partial charge in [0, 0.05) is 18.2 Å². The fraction of sp³-hybridized carbons (Fsp3) is 0.714. The van der Waals surface area contributed by atoms with Gasteiger partial charge in [0.1, 0.15) is 0 Å². The maximum Gasteiger partial charge on any atom is 0.246 e. The molecule has 4 nitrogen and oxygen atoms in total. The van der Waals surface area contributed by atoms with Crippen molar-refractivity contribution in [3.05, 3.63) is 0 Å². The van der Waals surface area contributed by atoms with Crippen molar-refractivity contribution in [3.8, 4) is 0 Å². The van der Waals surface area contributed by atoms with Crippen molar-refractivity contribution in [1.82, 2.24) is 5.48 Å². The molecule has 0 saturated heterocycles. The van der Waals surface area contributed by atoms with Gasteiger partial charge in [0.05, 0.1) is 0 Å². The van der Waals surface area contributed by atoms with Crippen LogP contribution in [0.3, 0.4) is 0 Å². The van der Waals surface area contributed by atoms with Gasteiger partial charge in [-0.25, -0.2) is 5.48 Å². The highest BCUT2D eigenvalue weighted by Crippen LogP contribution is 2.14. The van der Waals surface area contributed by atoms with E-state index in [0.29, 0.717) is 13.0 Å². The quantitative estimate of drug-likeness (QED) is 0.425. The number of hydrogen-bond acceptors (Lipinski definition) is 3. The molecule has 0 bridgehead atoms. The molecule has 1 aliphatic heterocycles. The molecule has 0 radical (unpaired) electrons. The number of rotatable bonds is 1. The molecular weight excluding hydrogens is 144 g/mol. The lowest BCUT2D eigenvalue weighted by molar-refractivity contribution is -0.133. The van der Waals surface area contributed by atoms with Gasteiger partial charge >= 0.3 is 0 Å². The third-order valence-electron chi connectivity index (χ3n) is 1.88. The van der Waals surface area contributed by atoms with Gasteiger partial charge in [-0.05, 0) is 19.8 Å². The monoisotopic (exact) mass is 156 g/mol. The normalized spacial score (nSPS) is 24.2. The average molecular weight is 156 g/mol. The highest BCUT2D eigenvalue weighted by molar-refractivity contribution is 5.89. The lowest BCUT2D eigenvalue weighted by atomic mass is 9.96. The van der Waals surface area contributed by atoms with Crippen LogP contribution < -0.4 is 5.48 Å². The van der Waals surface area contributed by atoms with E-state index in [1.165, 1.54) is 0 Å². The second kappa shape index (κ2) is 3.48. The maximum absolute atomic E-state index is 10.9. The van der Waals surface area contributed by atoms with Crippen LogP contribution >= 0.6 is 0 Å². The van der Waals surface area contributed by atoms with Crippen LogP contribution in [-0.2, 0) is 4.79 Å². The molecule has 1 unspecified atom stereocenters. The summed E-state index contributed by atoms with van der Waals surface area (Å²) >= 11 is 0. The molecule has 0 aliphatic carbocycles. The summed E-state index contributed by atoms with van der Waals surface area (Å²) in [6, 6.07) is 0. The standard InChI is InChI=1S/C7H12N2O2/c1-5-4-6(2-3-8-5)7(10)9-11/h6,11H,2-4H2,1H3,(H,9,10). The Bertz CT molecular complexity index is 189. The largest absolute Gasteiger partial charge is 0.294 e. The van der Waals surface area contributed by atoms with Crippen LogP contribution in [0.5, 0.6) is 0 Å². The minimum Gasteiger partial charge on any atom is -0.294 e. The number of hydroxylamine groups is 1. The summed E-state index contributed by atoms with van der Waals surface area (Å²) in [6.07, 6.45) is 1.41. The van der Waals surface area contributed by atoms with Crippen molar-refractivity contribution < 1.29 is 10.0 Å². The number of aliphatic imine (C=N–C) groups is 1. The third kappa shape index (κ3) is 2.01. The van der Waals surface area contributed by atoms with Crippen LogP contribution in [0.1, 0.15) is 19.8 Å². The van der Waals surface area contributed by atoms with E-state index in [4.69, 9.17) is 5.21 Å². The molecule has 0 fully saturated rings. The van der Waals surface area contributed by atoms with E-state index in [2.05, 4.69) is 4.99 Å². The lowest BCUT2D eigenvalue weighted by Gasteiger charge is -2.17. The van der Waals surface area contributed by atoms with Crippen molar-refractivity contribution in [3.63, 3.8) is 0 Å². The van der Waals surface area contributed by atoms with E-state index in [0.717, 1.165) is 12.1 Å². The topological polar surface area (TPSA) is 61.7 Å². The molecule has 1 rings (SSSR count). The summed E-state index contributed by atoms with van der Waals surface area (Å²) in [5.74, 6) is -0.378. The predicted molar refractivity (Wildman–Crippen MR) is 40.6 cm³/mol. The molecule has 4 heteroatoms. The Kier molecular flexibility index (Phi) is 2.59. The number of nitrogens with one attached hydrogen (secondary N) is 1. The number of amides is 1.